The van der Waals surface area contributed by atoms with Crippen LogP contribution in [-0.4, -0.2) is 33.9 Å². The zero-order valence-electron chi connectivity index (χ0n) is 22.7. The SMILES string of the molecule is CCCCCCOc1c(Br)cc(C2C(C(=O)Nc3cccc(C)c3C)=C(C)Nc3ncnn32)cc1OCC. The third-order valence-corrected chi connectivity index (χ3v) is 7.37. The second-order valence-corrected chi connectivity index (χ2v) is 10.3. The van der Waals surface area contributed by atoms with Crippen molar-refractivity contribution in [1.82, 2.24) is 14.8 Å². The van der Waals surface area contributed by atoms with E-state index in [0.29, 0.717) is 41.9 Å². The van der Waals surface area contributed by atoms with E-state index in [1.807, 2.05) is 58.0 Å². The third kappa shape index (κ3) is 5.88. The van der Waals surface area contributed by atoms with Crippen LogP contribution in [0.4, 0.5) is 11.6 Å². The van der Waals surface area contributed by atoms with Crippen molar-refractivity contribution >= 4 is 33.5 Å². The van der Waals surface area contributed by atoms with Crippen LogP contribution in [0, 0.1) is 13.8 Å². The molecule has 0 saturated heterocycles. The van der Waals surface area contributed by atoms with Gasteiger partial charge in [-0.2, -0.15) is 10.1 Å². The zero-order valence-corrected chi connectivity index (χ0v) is 24.3. The summed E-state index contributed by atoms with van der Waals surface area (Å²) in [6.45, 7) is 11.2. The minimum atomic E-state index is -0.520. The van der Waals surface area contributed by atoms with Crippen molar-refractivity contribution in [3.05, 3.63) is 69.1 Å². The number of carbonyl (C=O) groups excluding carboxylic acids is 1. The lowest BCUT2D eigenvalue weighted by atomic mass is 9.94. The summed E-state index contributed by atoms with van der Waals surface area (Å²) >= 11 is 3.71. The standard InChI is InChI=1S/C29H36BrN5O3/c1-6-8-9-10-14-38-27-22(30)15-21(16-24(27)37-7-2)26-25(20(5)33-29-31-17-32-35(26)29)28(36)34-23-13-11-12-18(3)19(23)4/h11-13,15-17,26H,6-10,14H2,1-5H3,(H,34,36)(H,31,32,33). The number of ether oxygens (including phenoxy) is 2. The first-order valence-corrected chi connectivity index (χ1v) is 14.0. The lowest BCUT2D eigenvalue weighted by Crippen LogP contribution is -2.31. The number of allylic oxidation sites excluding steroid dienone is 1. The lowest BCUT2D eigenvalue weighted by Gasteiger charge is -2.29. The molecular formula is C29H36BrN5O3. The molecule has 0 aliphatic carbocycles. The predicted octanol–water partition coefficient (Wildman–Crippen LogP) is 6.94. The molecule has 1 amide bonds. The van der Waals surface area contributed by atoms with Crippen molar-refractivity contribution in [3.63, 3.8) is 0 Å². The highest BCUT2D eigenvalue weighted by atomic mass is 79.9. The minimum absolute atomic E-state index is 0.208. The number of halogens is 1. The van der Waals surface area contributed by atoms with Crippen LogP contribution in [0.15, 0.2) is 52.4 Å². The number of benzene rings is 2. The van der Waals surface area contributed by atoms with E-state index in [4.69, 9.17) is 9.47 Å². The first-order chi connectivity index (χ1) is 18.3. The van der Waals surface area contributed by atoms with Gasteiger partial charge in [0.05, 0.1) is 23.3 Å². The Morgan fingerprint density at radius 3 is 2.71 bits per heavy atom. The highest BCUT2D eigenvalue weighted by Crippen LogP contribution is 2.43. The van der Waals surface area contributed by atoms with Gasteiger partial charge in [-0.3, -0.25) is 4.79 Å². The number of nitrogens with one attached hydrogen (secondary N) is 2. The molecule has 0 spiro atoms. The summed E-state index contributed by atoms with van der Waals surface area (Å²) in [5.41, 5.74) is 5.01. The van der Waals surface area contributed by atoms with Gasteiger partial charge in [0.1, 0.15) is 12.4 Å². The molecular weight excluding hydrogens is 546 g/mol. The average molecular weight is 583 g/mol. The van der Waals surface area contributed by atoms with Crippen LogP contribution in [0.2, 0.25) is 0 Å². The highest BCUT2D eigenvalue weighted by molar-refractivity contribution is 9.10. The number of fused-ring (bicyclic) bond motifs is 1. The van der Waals surface area contributed by atoms with E-state index >= 15 is 0 Å². The third-order valence-electron chi connectivity index (χ3n) is 6.78. The molecule has 1 atom stereocenters. The van der Waals surface area contributed by atoms with Gasteiger partial charge in [-0.15, -0.1) is 0 Å². The molecule has 0 saturated carbocycles. The fourth-order valence-corrected chi connectivity index (χ4v) is 5.20. The van der Waals surface area contributed by atoms with Gasteiger partial charge in [-0.25, -0.2) is 4.68 Å². The molecule has 8 nitrogen and oxygen atoms in total. The number of nitrogens with zero attached hydrogens (tertiary/aromatic N) is 3. The maximum Gasteiger partial charge on any atom is 0.255 e. The Labute approximate surface area is 233 Å². The number of aromatic nitrogens is 3. The van der Waals surface area contributed by atoms with Crippen LogP contribution in [0.25, 0.3) is 0 Å². The number of rotatable bonds is 11. The van der Waals surface area contributed by atoms with Gasteiger partial charge < -0.3 is 20.1 Å². The molecule has 1 unspecified atom stereocenters. The van der Waals surface area contributed by atoms with E-state index in [9.17, 15) is 4.79 Å². The van der Waals surface area contributed by atoms with Gasteiger partial charge in [-0.1, -0.05) is 38.3 Å². The van der Waals surface area contributed by atoms with Crippen molar-refractivity contribution < 1.29 is 14.3 Å². The fourth-order valence-electron chi connectivity index (χ4n) is 4.62. The molecule has 2 N–H and O–H groups in total. The Hall–Kier alpha value is -3.33. The quantitative estimate of drug-likeness (QED) is 0.238. The number of amides is 1. The predicted molar refractivity (Wildman–Crippen MR) is 154 cm³/mol. The number of hydrogen-bond acceptors (Lipinski definition) is 6. The second kappa shape index (κ2) is 12.5. The van der Waals surface area contributed by atoms with Gasteiger partial charge in [0, 0.05) is 11.4 Å². The Balaban J connectivity index is 1.72. The Morgan fingerprint density at radius 1 is 1.13 bits per heavy atom. The Kier molecular flexibility index (Phi) is 9.09. The minimum Gasteiger partial charge on any atom is -0.490 e. The molecule has 0 radical (unpaired) electrons. The molecule has 9 heteroatoms. The molecule has 3 aromatic rings. The summed E-state index contributed by atoms with van der Waals surface area (Å²) in [5.74, 6) is 1.66. The van der Waals surface area contributed by atoms with Gasteiger partial charge in [0.2, 0.25) is 5.95 Å². The van der Waals surface area contributed by atoms with Crippen molar-refractivity contribution in [2.45, 2.75) is 66.3 Å². The number of unbranched alkanes of at least 4 members (excludes halogenated alkanes) is 3. The van der Waals surface area contributed by atoms with E-state index in [0.717, 1.165) is 39.7 Å². The van der Waals surface area contributed by atoms with Crippen LogP contribution in [-0.2, 0) is 4.79 Å². The van der Waals surface area contributed by atoms with Crippen LogP contribution in [0.5, 0.6) is 11.5 Å². The topological polar surface area (TPSA) is 90.3 Å². The van der Waals surface area contributed by atoms with E-state index in [-0.39, 0.29) is 5.91 Å². The molecule has 1 aromatic heterocycles. The smallest absolute Gasteiger partial charge is 0.255 e. The van der Waals surface area contributed by atoms with Crippen molar-refractivity contribution in [2.24, 2.45) is 0 Å². The van der Waals surface area contributed by atoms with Crippen LogP contribution in [0.3, 0.4) is 0 Å². The molecule has 0 fully saturated rings. The van der Waals surface area contributed by atoms with Gasteiger partial charge in [0.15, 0.2) is 11.5 Å². The number of hydrogen-bond donors (Lipinski definition) is 2. The van der Waals surface area contributed by atoms with Crippen LogP contribution >= 0.6 is 15.9 Å². The molecule has 4 rings (SSSR count). The van der Waals surface area contributed by atoms with Gasteiger partial charge in [0.25, 0.3) is 5.91 Å². The lowest BCUT2D eigenvalue weighted by molar-refractivity contribution is -0.113. The molecule has 202 valence electrons. The van der Waals surface area contributed by atoms with Crippen molar-refractivity contribution in [1.29, 1.82) is 0 Å². The van der Waals surface area contributed by atoms with E-state index < -0.39 is 6.04 Å². The normalized spacial score (nSPS) is 14.6. The molecule has 38 heavy (non-hydrogen) atoms. The molecule has 2 aromatic carbocycles. The van der Waals surface area contributed by atoms with Crippen LogP contribution in [0.1, 0.15) is 69.2 Å². The fraction of sp³-hybridized carbons (Fsp3) is 0.414. The maximum absolute atomic E-state index is 13.8. The molecule has 2 heterocycles. The van der Waals surface area contributed by atoms with E-state index in [1.54, 1.807) is 4.68 Å². The van der Waals surface area contributed by atoms with Gasteiger partial charge in [-0.05, 0) is 84.9 Å². The molecule has 0 bridgehead atoms. The summed E-state index contributed by atoms with van der Waals surface area (Å²) < 4.78 is 14.7. The second-order valence-electron chi connectivity index (χ2n) is 9.47. The molecule has 1 aliphatic rings. The Bertz CT molecular complexity index is 1330. The summed E-state index contributed by atoms with van der Waals surface area (Å²) in [6.07, 6.45) is 5.96. The maximum atomic E-state index is 13.8. The summed E-state index contributed by atoms with van der Waals surface area (Å²) in [7, 11) is 0. The van der Waals surface area contributed by atoms with Crippen molar-refractivity contribution in [3.8, 4) is 11.5 Å². The summed E-state index contributed by atoms with van der Waals surface area (Å²) in [4.78, 5) is 18.2. The average Bonchev–Trinajstić information content (AvgIpc) is 3.35. The monoisotopic (exact) mass is 581 g/mol. The number of anilines is 2. The molecule has 1 aliphatic heterocycles. The van der Waals surface area contributed by atoms with Gasteiger partial charge >= 0.3 is 0 Å². The van der Waals surface area contributed by atoms with Crippen LogP contribution < -0.4 is 20.1 Å². The first kappa shape index (κ1) is 27.7. The van der Waals surface area contributed by atoms with E-state index in [1.165, 1.54) is 19.2 Å². The zero-order chi connectivity index (χ0) is 27.2. The van der Waals surface area contributed by atoms with Crippen molar-refractivity contribution in [2.75, 3.05) is 23.8 Å². The number of carbonyl (C=O) groups is 1. The summed E-state index contributed by atoms with van der Waals surface area (Å²) in [5, 5.41) is 10.8. The Morgan fingerprint density at radius 2 is 1.95 bits per heavy atom. The highest BCUT2D eigenvalue weighted by Gasteiger charge is 2.34. The first-order valence-electron chi connectivity index (χ1n) is 13.2. The van der Waals surface area contributed by atoms with E-state index in [2.05, 4.69) is 43.6 Å². The number of aryl methyl sites for hydroxylation is 1. The summed E-state index contributed by atoms with van der Waals surface area (Å²) in [6, 6.07) is 9.28. The largest absolute Gasteiger partial charge is 0.490 e.